The van der Waals surface area contributed by atoms with Gasteiger partial charge in [0.15, 0.2) is 0 Å². The molecule has 0 saturated carbocycles. The van der Waals surface area contributed by atoms with Crippen LogP contribution >= 0.6 is 23.2 Å². The first kappa shape index (κ1) is 9.61. The minimum absolute atomic E-state index is 0.277. The molecule has 0 atom stereocenters. The van der Waals surface area contributed by atoms with Crippen molar-refractivity contribution in [2.45, 2.75) is 17.9 Å². The summed E-state index contributed by atoms with van der Waals surface area (Å²) in [5.41, 5.74) is 0. The third-order valence-corrected chi connectivity index (χ3v) is 1.85. The van der Waals surface area contributed by atoms with Gasteiger partial charge in [-0.3, -0.25) is 4.79 Å². The van der Waals surface area contributed by atoms with Crippen molar-refractivity contribution in [1.29, 1.82) is 0 Å². The number of ether oxygens (including phenoxy) is 1. The number of imide groups is 1. The van der Waals surface area contributed by atoms with Gasteiger partial charge in [0.2, 0.25) is 0 Å². The molecule has 0 radical (unpaired) electrons. The van der Waals surface area contributed by atoms with Crippen LogP contribution in [0.4, 0.5) is 4.79 Å². The Morgan fingerprint density at radius 3 is 2.42 bits per heavy atom. The van der Waals surface area contributed by atoms with Crippen molar-refractivity contribution in [2.75, 3.05) is 6.54 Å². The topological polar surface area (TPSA) is 46.6 Å². The van der Waals surface area contributed by atoms with Crippen LogP contribution in [0.2, 0.25) is 0 Å². The van der Waals surface area contributed by atoms with Crippen LogP contribution in [0.5, 0.6) is 0 Å². The van der Waals surface area contributed by atoms with E-state index in [0.29, 0.717) is 6.42 Å². The van der Waals surface area contributed by atoms with Crippen molar-refractivity contribution in [1.82, 2.24) is 4.90 Å². The van der Waals surface area contributed by atoms with Crippen molar-refractivity contribution < 1.29 is 14.3 Å². The lowest BCUT2D eigenvalue weighted by Gasteiger charge is -2.08. The zero-order valence-electron chi connectivity index (χ0n) is 6.34. The van der Waals surface area contributed by atoms with Gasteiger partial charge in [0.25, 0.3) is 0 Å². The average molecular weight is 212 g/mol. The van der Waals surface area contributed by atoms with Gasteiger partial charge in [0.05, 0.1) is 0 Å². The first-order valence-electron chi connectivity index (χ1n) is 3.42. The largest absolute Gasteiger partial charge is 0.419 e. The molecule has 68 valence electrons. The molecule has 6 heteroatoms. The summed E-state index contributed by atoms with van der Waals surface area (Å²) in [4.78, 5) is 22.9. The maximum Gasteiger partial charge on any atom is 0.419 e. The van der Waals surface area contributed by atoms with Crippen molar-refractivity contribution in [2.24, 2.45) is 0 Å². The molecule has 1 aliphatic rings. The van der Waals surface area contributed by atoms with Gasteiger partial charge in [-0.1, -0.05) is 6.92 Å². The van der Waals surface area contributed by atoms with E-state index >= 15 is 0 Å². The van der Waals surface area contributed by atoms with Crippen LogP contribution in [-0.4, -0.2) is 28.0 Å². The highest BCUT2D eigenvalue weighted by Crippen LogP contribution is 2.32. The van der Waals surface area contributed by atoms with E-state index < -0.39 is 16.5 Å². The Morgan fingerprint density at radius 1 is 1.50 bits per heavy atom. The standard InChI is InChI=1S/C6H7Cl2NO3/c1-2-3-9-4(10)6(7,8)12-5(9)11/h2-3H2,1H3. The molecule has 4 nitrogen and oxygen atoms in total. The molecule has 1 saturated heterocycles. The van der Waals surface area contributed by atoms with Crippen LogP contribution in [0.25, 0.3) is 0 Å². The molecule has 2 amide bonds. The lowest BCUT2D eigenvalue weighted by Crippen LogP contribution is -2.33. The Kier molecular flexibility index (Phi) is 2.49. The summed E-state index contributed by atoms with van der Waals surface area (Å²) in [5.74, 6) is -0.710. The summed E-state index contributed by atoms with van der Waals surface area (Å²) in [7, 11) is 0. The Labute approximate surface area is 79.4 Å². The number of carbonyl (C=O) groups is 2. The molecular formula is C6H7Cl2NO3. The van der Waals surface area contributed by atoms with E-state index in [1.165, 1.54) is 0 Å². The van der Waals surface area contributed by atoms with Gasteiger partial charge in [-0.25, -0.2) is 9.69 Å². The number of hydrogen-bond donors (Lipinski definition) is 0. The number of amides is 2. The van der Waals surface area contributed by atoms with E-state index in [-0.39, 0.29) is 6.54 Å². The van der Waals surface area contributed by atoms with Gasteiger partial charge in [0, 0.05) is 6.54 Å². The SMILES string of the molecule is CCCN1C(=O)OC(Cl)(Cl)C1=O. The molecule has 0 aliphatic carbocycles. The van der Waals surface area contributed by atoms with Gasteiger partial charge in [-0.05, 0) is 29.6 Å². The molecule has 1 aliphatic heterocycles. The summed E-state index contributed by atoms with van der Waals surface area (Å²) in [6.07, 6.45) is -0.142. The van der Waals surface area contributed by atoms with Crippen LogP contribution in [0, 0.1) is 0 Å². The van der Waals surface area contributed by atoms with Crippen LogP contribution in [0.15, 0.2) is 0 Å². The summed E-state index contributed by atoms with van der Waals surface area (Å²) in [5, 5.41) is 0. The van der Waals surface area contributed by atoms with Gasteiger partial charge in [0.1, 0.15) is 0 Å². The lowest BCUT2D eigenvalue weighted by atomic mass is 10.4. The number of nitrogens with zero attached hydrogens (tertiary/aromatic N) is 1. The second kappa shape index (κ2) is 3.11. The van der Waals surface area contributed by atoms with Crippen LogP contribution < -0.4 is 0 Å². The van der Waals surface area contributed by atoms with Crippen LogP contribution in [-0.2, 0) is 9.53 Å². The molecule has 1 fully saturated rings. The third kappa shape index (κ3) is 1.49. The second-order valence-electron chi connectivity index (χ2n) is 2.34. The zero-order chi connectivity index (χ0) is 9.35. The highest BCUT2D eigenvalue weighted by molar-refractivity contribution is 6.58. The Morgan fingerprint density at radius 2 is 2.08 bits per heavy atom. The number of carbonyl (C=O) groups excluding carboxylic acids is 2. The van der Waals surface area contributed by atoms with Crippen LogP contribution in [0.1, 0.15) is 13.3 Å². The van der Waals surface area contributed by atoms with E-state index in [2.05, 4.69) is 4.74 Å². The minimum Gasteiger partial charge on any atom is -0.402 e. The van der Waals surface area contributed by atoms with Crippen molar-refractivity contribution >= 4 is 35.2 Å². The number of halogens is 2. The lowest BCUT2D eigenvalue weighted by molar-refractivity contribution is -0.128. The molecule has 0 aromatic heterocycles. The van der Waals surface area contributed by atoms with E-state index in [1.807, 2.05) is 6.92 Å². The Bertz CT molecular complexity index is 229. The fourth-order valence-electron chi connectivity index (χ4n) is 0.865. The maximum atomic E-state index is 11.1. The van der Waals surface area contributed by atoms with E-state index in [4.69, 9.17) is 23.2 Å². The highest BCUT2D eigenvalue weighted by atomic mass is 35.5. The summed E-state index contributed by atoms with van der Waals surface area (Å²) >= 11 is 10.7. The van der Waals surface area contributed by atoms with Crippen molar-refractivity contribution in [3.63, 3.8) is 0 Å². The third-order valence-electron chi connectivity index (χ3n) is 1.38. The smallest absolute Gasteiger partial charge is 0.402 e. The summed E-state index contributed by atoms with van der Waals surface area (Å²) in [6, 6.07) is 0. The summed E-state index contributed by atoms with van der Waals surface area (Å²) in [6.45, 7) is 2.10. The number of hydrogen-bond acceptors (Lipinski definition) is 3. The fourth-order valence-corrected chi connectivity index (χ4v) is 1.20. The second-order valence-corrected chi connectivity index (χ2v) is 3.60. The van der Waals surface area contributed by atoms with Crippen molar-refractivity contribution in [3.05, 3.63) is 0 Å². The molecule has 0 N–H and O–H groups in total. The first-order chi connectivity index (χ1) is 5.49. The first-order valence-corrected chi connectivity index (χ1v) is 4.17. The highest BCUT2D eigenvalue weighted by Gasteiger charge is 2.51. The van der Waals surface area contributed by atoms with Gasteiger partial charge < -0.3 is 4.74 Å². The fraction of sp³-hybridized carbons (Fsp3) is 0.667. The van der Waals surface area contributed by atoms with Gasteiger partial charge in [-0.2, -0.15) is 0 Å². The van der Waals surface area contributed by atoms with Gasteiger partial charge in [-0.15, -0.1) is 0 Å². The molecule has 12 heavy (non-hydrogen) atoms. The molecule has 0 aromatic carbocycles. The maximum absolute atomic E-state index is 11.1. The van der Waals surface area contributed by atoms with E-state index in [0.717, 1.165) is 4.90 Å². The molecule has 1 heterocycles. The Balaban J connectivity index is 2.78. The molecule has 1 rings (SSSR count). The predicted octanol–water partition coefficient (Wildman–Crippen LogP) is 1.51. The van der Waals surface area contributed by atoms with Crippen molar-refractivity contribution in [3.8, 4) is 0 Å². The summed E-state index contributed by atoms with van der Waals surface area (Å²) < 4.78 is 2.37. The molecule has 0 aromatic rings. The predicted molar refractivity (Wildman–Crippen MR) is 42.9 cm³/mol. The molecule has 0 bridgehead atoms. The number of alkyl halides is 2. The zero-order valence-corrected chi connectivity index (χ0v) is 7.85. The Hall–Kier alpha value is -0.480. The minimum atomic E-state index is -2.02. The van der Waals surface area contributed by atoms with E-state index in [9.17, 15) is 9.59 Å². The average Bonchev–Trinajstić information content (AvgIpc) is 2.13. The molecular weight excluding hydrogens is 205 g/mol. The van der Waals surface area contributed by atoms with E-state index in [1.54, 1.807) is 0 Å². The normalized spacial score (nSPS) is 21.4. The monoisotopic (exact) mass is 211 g/mol. The number of rotatable bonds is 2. The number of cyclic esters (lactones) is 1. The quantitative estimate of drug-likeness (QED) is 0.651. The molecule has 0 unspecified atom stereocenters. The molecule has 0 spiro atoms. The van der Waals surface area contributed by atoms with Crippen LogP contribution in [0.3, 0.4) is 0 Å². The van der Waals surface area contributed by atoms with Gasteiger partial charge >= 0.3 is 16.5 Å².